The van der Waals surface area contributed by atoms with Crippen LogP contribution < -0.4 is 20.1 Å². The van der Waals surface area contributed by atoms with Gasteiger partial charge in [-0.1, -0.05) is 41.9 Å². The Morgan fingerprint density at radius 2 is 1.70 bits per heavy atom. The van der Waals surface area contributed by atoms with E-state index in [1.165, 1.54) is 12.1 Å². The molecule has 3 rings (SSSR count). The standard InChI is InChI=1S/C24H26ClN3O4.ClH/c1-2-31-23-15-19(14-22(25)24(23)32-17-18-6-4-3-5-7-18)16-26-12-13-27-20-8-10-21(11-9-20)28(29)30;/h3-11,14-15,26-27H,2,12-13,16-17H2,1H3;1H. The molecule has 0 fully saturated rings. The maximum atomic E-state index is 10.7. The van der Waals surface area contributed by atoms with E-state index in [0.29, 0.717) is 49.4 Å². The predicted octanol–water partition coefficient (Wildman–Crippen LogP) is 5.85. The second-order valence-corrected chi connectivity index (χ2v) is 7.43. The van der Waals surface area contributed by atoms with Crippen LogP contribution in [0.4, 0.5) is 11.4 Å². The van der Waals surface area contributed by atoms with Crippen LogP contribution in [0.2, 0.25) is 5.02 Å². The molecule has 0 aliphatic carbocycles. The highest BCUT2D eigenvalue weighted by Gasteiger charge is 2.13. The molecule has 9 heteroatoms. The maximum absolute atomic E-state index is 10.7. The fourth-order valence-electron chi connectivity index (χ4n) is 3.09. The zero-order chi connectivity index (χ0) is 22.8. The number of hydrogen-bond acceptors (Lipinski definition) is 6. The first kappa shape index (κ1) is 26.3. The van der Waals surface area contributed by atoms with E-state index < -0.39 is 4.92 Å². The molecule has 0 heterocycles. The lowest BCUT2D eigenvalue weighted by Crippen LogP contribution is -2.21. The molecule has 0 aliphatic rings. The number of halogens is 2. The summed E-state index contributed by atoms with van der Waals surface area (Å²) in [4.78, 5) is 10.3. The van der Waals surface area contributed by atoms with E-state index in [1.54, 1.807) is 12.1 Å². The molecule has 0 atom stereocenters. The molecule has 176 valence electrons. The van der Waals surface area contributed by atoms with E-state index in [9.17, 15) is 10.1 Å². The first-order chi connectivity index (χ1) is 15.6. The zero-order valence-electron chi connectivity index (χ0n) is 18.3. The molecular weight excluding hydrogens is 465 g/mol. The van der Waals surface area contributed by atoms with E-state index in [1.807, 2.05) is 49.4 Å². The van der Waals surface area contributed by atoms with E-state index in [0.717, 1.165) is 16.8 Å². The van der Waals surface area contributed by atoms with Crippen LogP contribution in [-0.2, 0) is 13.2 Å². The fraction of sp³-hybridized carbons (Fsp3) is 0.250. The molecule has 0 spiro atoms. The molecule has 0 aromatic heterocycles. The molecular formula is C24H27Cl2N3O4. The summed E-state index contributed by atoms with van der Waals surface area (Å²) in [5, 5.41) is 17.8. The molecule has 0 bridgehead atoms. The number of nitrogens with zero attached hydrogens (tertiary/aromatic N) is 1. The van der Waals surface area contributed by atoms with Crippen LogP contribution in [0.25, 0.3) is 0 Å². The van der Waals surface area contributed by atoms with E-state index >= 15 is 0 Å². The number of non-ortho nitro benzene ring substituents is 1. The minimum absolute atomic E-state index is 0. The molecule has 0 aliphatic heterocycles. The monoisotopic (exact) mass is 491 g/mol. The Morgan fingerprint density at radius 3 is 2.36 bits per heavy atom. The topological polar surface area (TPSA) is 85.7 Å². The van der Waals surface area contributed by atoms with Crippen molar-refractivity contribution >= 4 is 35.4 Å². The summed E-state index contributed by atoms with van der Waals surface area (Å²) in [5.41, 5.74) is 2.95. The van der Waals surface area contributed by atoms with Gasteiger partial charge in [-0.25, -0.2) is 0 Å². The van der Waals surface area contributed by atoms with Crippen LogP contribution in [0.3, 0.4) is 0 Å². The summed E-state index contributed by atoms with van der Waals surface area (Å²) in [5.74, 6) is 1.16. The molecule has 0 radical (unpaired) electrons. The third-order valence-corrected chi connectivity index (χ3v) is 4.91. The molecule has 7 nitrogen and oxygen atoms in total. The number of ether oxygens (including phenoxy) is 2. The summed E-state index contributed by atoms with van der Waals surface area (Å²) < 4.78 is 11.7. The minimum atomic E-state index is -0.412. The molecule has 33 heavy (non-hydrogen) atoms. The zero-order valence-corrected chi connectivity index (χ0v) is 19.8. The van der Waals surface area contributed by atoms with Gasteiger partial charge >= 0.3 is 0 Å². The Bertz CT molecular complexity index is 1020. The normalized spacial score (nSPS) is 10.2. The SMILES string of the molecule is CCOc1cc(CNCCNc2ccc([N+](=O)[O-])cc2)cc(Cl)c1OCc1ccccc1.Cl. The molecule has 3 aromatic carbocycles. The quantitative estimate of drug-likeness (QED) is 0.188. The summed E-state index contributed by atoms with van der Waals surface area (Å²) in [6, 6.07) is 20.1. The third-order valence-electron chi connectivity index (χ3n) is 4.63. The van der Waals surface area contributed by atoms with Crippen LogP contribution in [0, 0.1) is 10.1 Å². The summed E-state index contributed by atoms with van der Waals surface area (Å²) >= 11 is 6.50. The minimum Gasteiger partial charge on any atom is -0.490 e. The lowest BCUT2D eigenvalue weighted by Gasteiger charge is -2.16. The predicted molar refractivity (Wildman–Crippen MR) is 134 cm³/mol. The average molecular weight is 492 g/mol. The Kier molecular flexibility index (Phi) is 10.8. The van der Waals surface area contributed by atoms with Crippen molar-refractivity contribution in [2.24, 2.45) is 0 Å². The van der Waals surface area contributed by atoms with Crippen molar-refractivity contribution in [2.45, 2.75) is 20.1 Å². The summed E-state index contributed by atoms with van der Waals surface area (Å²) in [7, 11) is 0. The van der Waals surface area contributed by atoms with Gasteiger partial charge in [-0.3, -0.25) is 10.1 Å². The highest BCUT2D eigenvalue weighted by Crippen LogP contribution is 2.37. The Labute approximate surface area is 204 Å². The van der Waals surface area contributed by atoms with Crippen LogP contribution >= 0.6 is 24.0 Å². The molecule has 0 amide bonds. The van der Waals surface area contributed by atoms with E-state index in [4.69, 9.17) is 21.1 Å². The fourth-order valence-corrected chi connectivity index (χ4v) is 3.37. The molecule has 3 aromatic rings. The summed E-state index contributed by atoms with van der Waals surface area (Å²) in [6.45, 7) is 4.82. The van der Waals surface area contributed by atoms with Gasteiger partial charge in [0.25, 0.3) is 5.69 Å². The van der Waals surface area contributed by atoms with Crippen molar-refractivity contribution in [1.82, 2.24) is 5.32 Å². The molecule has 2 N–H and O–H groups in total. The molecule has 0 saturated carbocycles. The lowest BCUT2D eigenvalue weighted by molar-refractivity contribution is -0.384. The smallest absolute Gasteiger partial charge is 0.269 e. The van der Waals surface area contributed by atoms with Gasteiger partial charge in [-0.05, 0) is 42.3 Å². The number of nitro benzene ring substituents is 1. The van der Waals surface area contributed by atoms with Gasteiger partial charge in [0.2, 0.25) is 0 Å². The molecule has 0 saturated heterocycles. The highest BCUT2D eigenvalue weighted by atomic mass is 35.5. The van der Waals surface area contributed by atoms with Crippen molar-refractivity contribution in [3.05, 3.63) is 93.0 Å². The highest BCUT2D eigenvalue weighted by molar-refractivity contribution is 6.32. The van der Waals surface area contributed by atoms with Crippen molar-refractivity contribution in [2.75, 3.05) is 25.0 Å². The Balaban J connectivity index is 0.00000385. The van der Waals surface area contributed by atoms with Gasteiger partial charge in [-0.2, -0.15) is 0 Å². The van der Waals surface area contributed by atoms with Gasteiger partial charge in [0.15, 0.2) is 11.5 Å². The van der Waals surface area contributed by atoms with Crippen LogP contribution in [0.15, 0.2) is 66.7 Å². The van der Waals surface area contributed by atoms with E-state index in [2.05, 4.69) is 10.6 Å². The van der Waals surface area contributed by atoms with Gasteiger partial charge in [0.1, 0.15) is 6.61 Å². The second-order valence-electron chi connectivity index (χ2n) is 7.02. The van der Waals surface area contributed by atoms with Gasteiger partial charge < -0.3 is 20.1 Å². The third kappa shape index (κ3) is 8.13. The maximum Gasteiger partial charge on any atom is 0.269 e. The van der Waals surface area contributed by atoms with Gasteiger partial charge in [0, 0.05) is 37.5 Å². The lowest BCUT2D eigenvalue weighted by atomic mass is 10.2. The van der Waals surface area contributed by atoms with Crippen molar-refractivity contribution < 1.29 is 14.4 Å². The van der Waals surface area contributed by atoms with Gasteiger partial charge in [-0.15, -0.1) is 12.4 Å². The first-order valence-electron chi connectivity index (χ1n) is 10.4. The molecule has 0 unspecified atom stereocenters. The number of nitrogens with one attached hydrogen (secondary N) is 2. The first-order valence-corrected chi connectivity index (χ1v) is 10.8. The number of hydrogen-bond donors (Lipinski definition) is 2. The van der Waals surface area contributed by atoms with Crippen molar-refractivity contribution in [1.29, 1.82) is 0 Å². The second kappa shape index (κ2) is 13.5. The number of benzene rings is 3. The van der Waals surface area contributed by atoms with E-state index in [-0.39, 0.29) is 18.1 Å². The van der Waals surface area contributed by atoms with Gasteiger partial charge in [0.05, 0.1) is 16.6 Å². The van der Waals surface area contributed by atoms with Crippen LogP contribution in [0.1, 0.15) is 18.1 Å². The Morgan fingerprint density at radius 1 is 0.970 bits per heavy atom. The average Bonchev–Trinajstić information content (AvgIpc) is 2.79. The number of nitro groups is 1. The van der Waals surface area contributed by atoms with Crippen LogP contribution in [-0.4, -0.2) is 24.6 Å². The summed E-state index contributed by atoms with van der Waals surface area (Å²) in [6.07, 6.45) is 0. The number of anilines is 1. The van der Waals surface area contributed by atoms with Crippen molar-refractivity contribution in [3.63, 3.8) is 0 Å². The van der Waals surface area contributed by atoms with Crippen molar-refractivity contribution in [3.8, 4) is 11.5 Å². The largest absolute Gasteiger partial charge is 0.490 e. The van der Waals surface area contributed by atoms with Crippen LogP contribution in [0.5, 0.6) is 11.5 Å². The Hall–Kier alpha value is -3.00. The number of rotatable bonds is 12.